The number of aromatic nitrogens is 1. The molecule has 1 N–H and O–H groups in total. The second-order valence-corrected chi connectivity index (χ2v) is 6.56. The molecule has 3 nitrogen and oxygen atoms in total. The van der Waals surface area contributed by atoms with E-state index in [4.69, 9.17) is 0 Å². The maximum Gasteiger partial charge on any atom is 0.253 e. The van der Waals surface area contributed by atoms with Gasteiger partial charge in [0.2, 0.25) is 0 Å². The molecular weight excluding hydrogens is 327 g/mol. The number of benzene rings is 2. The van der Waals surface area contributed by atoms with Gasteiger partial charge in [-0.2, -0.15) is 0 Å². The van der Waals surface area contributed by atoms with Gasteiger partial charge in [0.25, 0.3) is 5.91 Å². The quantitative estimate of drug-likeness (QED) is 0.747. The number of hydrogen-bond acceptors (Lipinski definition) is 2. The summed E-state index contributed by atoms with van der Waals surface area (Å²) in [5.74, 6) is -0.438. The molecule has 0 radical (unpaired) electrons. The number of aryl methyl sites for hydroxylation is 1. The zero-order chi connectivity index (χ0) is 17.9. The van der Waals surface area contributed by atoms with Crippen LogP contribution >= 0.6 is 0 Å². The van der Waals surface area contributed by atoms with Crippen molar-refractivity contribution in [1.29, 1.82) is 0 Å². The van der Waals surface area contributed by atoms with Gasteiger partial charge in [-0.15, -0.1) is 0 Å². The average Bonchev–Trinajstić information content (AvgIpc) is 2.68. The Bertz CT molecular complexity index is 937. The molecular formula is C22H19FN2O. The third-order valence-corrected chi connectivity index (χ3v) is 4.82. The third-order valence-electron chi connectivity index (χ3n) is 4.82. The zero-order valence-electron chi connectivity index (χ0n) is 14.3. The number of carbonyl (C=O) groups excluding carboxylic acids is 1. The zero-order valence-corrected chi connectivity index (χ0v) is 14.3. The first-order valence-electron chi connectivity index (χ1n) is 8.81. The second kappa shape index (κ2) is 7.08. The molecule has 4 heteroatoms. The summed E-state index contributed by atoms with van der Waals surface area (Å²) in [6.45, 7) is 0. The standard InChI is InChI=1S/C22H19FN2O/c23-18-8-3-7-16(13-18)20-12-11-17(14-24-20)22(26)25-21-10-4-6-15-5-1-2-9-19(15)21/h1-3,5,7-9,11-14,21H,4,6,10H2,(H,25,26)/t21-/m1/s1. The fourth-order valence-electron chi connectivity index (χ4n) is 3.49. The van der Waals surface area contributed by atoms with Gasteiger partial charge in [-0.05, 0) is 54.7 Å². The Labute approximate surface area is 151 Å². The van der Waals surface area contributed by atoms with Gasteiger partial charge in [-0.25, -0.2) is 4.39 Å². The fourth-order valence-corrected chi connectivity index (χ4v) is 3.49. The minimum atomic E-state index is -0.304. The van der Waals surface area contributed by atoms with E-state index < -0.39 is 0 Å². The smallest absolute Gasteiger partial charge is 0.253 e. The molecule has 0 bridgehead atoms. The van der Waals surface area contributed by atoms with E-state index in [0.717, 1.165) is 19.3 Å². The van der Waals surface area contributed by atoms with Crippen LogP contribution in [0.3, 0.4) is 0 Å². The molecule has 2 aromatic carbocycles. The molecule has 0 unspecified atom stereocenters. The normalized spacial score (nSPS) is 16.0. The van der Waals surface area contributed by atoms with Crippen LogP contribution in [0.15, 0.2) is 66.9 Å². The van der Waals surface area contributed by atoms with Crippen LogP contribution in [0.5, 0.6) is 0 Å². The number of pyridine rings is 1. The Kier molecular flexibility index (Phi) is 4.48. The van der Waals surface area contributed by atoms with Gasteiger partial charge in [-0.1, -0.05) is 36.4 Å². The molecule has 1 atom stereocenters. The fraction of sp³-hybridized carbons (Fsp3) is 0.182. The number of nitrogens with zero attached hydrogens (tertiary/aromatic N) is 1. The maximum absolute atomic E-state index is 13.4. The Morgan fingerprint density at radius 3 is 2.77 bits per heavy atom. The van der Waals surface area contributed by atoms with Gasteiger partial charge in [-0.3, -0.25) is 9.78 Å². The van der Waals surface area contributed by atoms with Crippen molar-refractivity contribution < 1.29 is 9.18 Å². The minimum Gasteiger partial charge on any atom is -0.345 e. The van der Waals surface area contributed by atoms with E-state index in [1.54, 1.807) is 30.5 Å². The molecule has 1 aliphatic rings. The maximum atomic E-state index is 13.4. The molecule has 4 rings (SSSR count). The van der Waals surface area contributed by atoms with E-state index >= 15 is 0 Å². The highest BCUT2D eigenvalue weighted by atomic mass is 19.1. The minimum absolute atomic E-state index is 0.0374. The molecule has 1 aromatic heterocycles. The first-order valence-corrected chi connectivity index (χ1v) is 8.81. The van der Waals surface area contributed by atoms with Crippen LogP contribution in [-0.4, -0.2) is 10.9 Å². The van der Waals surface area contributed by atoms with Crippen molar-refractivity contribution in [3.05, 3.63) is 89.4 Å². The van der Waals surface area contributed by atoms with Gasteiger partial charge in [0.05, 0.1) is 17.3 Å². The summed E-state index contributed by atoms with van der Waals surface area (Å²) in [5, 5.41) is 3.12. The largest absolute Gasteiger partial charge is 0.345 e. The van der Waals surface area contributed by atoms with E-state index in [-0.39, 0.29) is 17.8 Å². The van der Waals surface area contributed by atoms with Gasteiger partial charge < -0.3 is 5.32 Å². The summed E-state index contributed by atoms with van der Waals surface area (Å²) in [4.78, 5) is 16.9. The predicted octanol–water partition coefficient (Wildman–Crippen LogP) is 4.70. The van der Waals surface area contributed by atoms with E-state index in [9.17, 15) is 9.18 Å². The summed E-state index contributed by atoms with van der Waals surface area (Å²) in [6.07, 6.45) is 4.62. The van der Waals surface area contributed by atoms with Crippen molar-refractivity contribution in [3.63, 3.8) is 0 Å². The molecule has 0 saturated heterocycles. The van der Waals surface area contributed by atoms with Crippen LogP contribution in [0.2, 0.25) is 0 Å². The van der Waals surface area contributed by atoms with Crippen molar-refractivity contribution in [3.8, 4) is 11.3 Å². The van der Waals surface area contributed by atoms with Crippen LogP contribution in [0.4, 0.5) is 4.39 Å². The lowest BCUT2D eigenvalue weighted by Crippen LogP contribution is -2.31. The number of fused-ring (bicyclic) bond motifs is 1. The van der Waals surface area contributed by atoms with Crippen molar-refractivity contribution >= 4 is 5.91 Å². The number of rotatable bonds is 3. The summed E-state index contributed by atoms with van der Waals surface area (Å²) in [7, 11) is 0. The molecule has 26 heavy (non-hydrogen) atoms. The molecule has 1 aliphatic carbocycles. The van der Waals surface area contributed by atoms with E-state index in [1.165, 1.54) is 23.3 Å². The van der Waals surface area contributed by atoms with Gasteiger partial charge in [0.1, 0.15) is 5.82 Å². The topological polar surface area (TPSA) is 42.0 Å². The Hall–Kier alpha value is -3.01. The highest BCUT2D eigenvalue weighted by Gasteiger charge is 2.22. The lowest BCUT2D eigenvalue weighted by Gasteiger charge is -2.26. The first kappa shape index (κ1) is 16.5. The number of nitrogens with one attached hydrogen (secondary N) is 1. The summed E-state index contributed by atoms with van der Waals surface area (Å²) in [5.41, 5.74) is 4.36. The average molecular weight is 346 g/mol. The Morgan fingerprint density at radius 1 is 1.08 bits per heavy atom. The van der Waals surface area contributed by atoms with E-state index in [2.05, 4.69) is 22.4 Å². The number of hydrogen-bond donors (Lipinski definition) is 1. The highest BCUT2D eigenvalue weighted by Crippen LogP contribution is 2.29. The van der Waals surface area contributed by atoms with E-state index in [1.807, 2.05) is 12.1 Å². The van der Waals surface area contributed by atoms with Gasteiger partial charge >= 0.3 is 0 Å². The van der Waals surface area contributed by atoms with Gasteiger partial charge in [0.15, 0.2) is 0 Å². The van der Waals surface area contributed by atoms with Crippen molar-refractivity contribution in [1.82, 2.24) is 10.3 Å². The summed E-state index contributed by atoms with van der Waals surface area (Å²) < 4.78 is 13.4. The van der Waals surface area contributed by atoms with Crippen LogP contribution in [0.25, 0.3) is 11.3 Å². The Balaban J connectivity index is 1.51. The van der Waals surface area contributed by atoms with Crippen LogP contribution < -0.4 is 5.32 Å². The van der Waals surface area contributed by atoms with Crippen LogP contribution in [0, 0.1) is 5.82 Å². The monoisotopic (exact) mass is 346 g/mol. The molecule has 1 amide bonds. The van der Waals surface area contributed by atoms with Crippen LogP contribution in [-0.2, 0) is 6.42 Å². The van der Waals surface area contributed by atoms with Crippen molar-refractivity contribution in [2.24, 2.45) is 0 Å². The lowest BCUT2D eigenvalue weighted by atomic mass is 9.87. The summed E-state index contributed by atoms with van der Waals surface area (Å²) in [6, 6.07) is 18.1. The molecule has 0 fully saturated rings. The Morgan fingerprint density at radius 2 is 1.96 bits per heavy atom. The molecule has 0 saturated carbocycles. The molecule has 3 aromatic rings. The number of halogens is 1. The molecule has 1 heterocycles. The molecule has 0 aliphatic heterocycles. The number of amides is 1. The third kappa shape index (κ3) is 3.36. The summed E-state index contributed by atoms with van der Waals surface area (Å²) >= 11 is 0. The number of carbonyl (C=O) groups is 1. The van der Waals surface area contributed by atoms with E-state index in [0.29, 0.717) is 16.8 Å². The van der Waals surface area contributed by atoms with Gasteiger partial charge in [0, 0.05) is 11.8 Å². The SMILES string of the molecule is O=C(N[C@@H]1CCCc2ccccc21)c1ccc(-c2cccc(F)c2)nc1. The van der Waals surface area contributed by atoms with Crippen molar-refractivity contribution in [2.75, 3.05) is 0 Å². The lowest BCUT2D eigenvalue weighted by molar-refractivity contribution is 0.0932. The molecule has 130 valence electrons. The predicted molar refractivity (Wildman–Crippen MR) is 99.2 cm³/mol. The molecule has 0 spiro atoms. The highest BCUT2D eigenvalue weighted by molar-refractivity contribution is 5.94. The van der Waals surface area contributed by atoms with Crippen molar-refractivity contribution in [2.45, 2.75) is 25.3 Å². The van der Waals surface area contributed by atoms with Crippen LogP contribution in [0.1, 0.15) is 40.4 Å². The second-order valence-electron chi connectivity index (χ2n) is 6.56. The first-order chi connectivity index (χ1) is 12.7.